The summed E-state index contributed by atoms with van der Waals surface area (Å²) < 4.78 is 1.55. The lowest BCUT2D eigenvalue weighted by Gasteiger charge is -2.24. The summed E-state index contributed by atoms with van der Waals surface area (Å²) in [5, 5.41) is 13.5. The fourth-order valence-corrected chi connectivity index (χ4v) is 2.54. The highest BCUT2D eigenvalue weighted by Crippen LogP contribution is 2.31. The van der Waals surface area contributed by atoms with Gasteiger partial charge in [-0.1, -0.05) is 0 Å². The van der Waals surface area contributed by atoms with Gasteiger partial charge in [0.05, 0.1) is 5.54 Å². The molecule has 1 N–H and O–H groups in total. The maximum Gasteiger partial charge on any atom is 0.356 e. The van der Waals surface area contributed by atoms with E-state index in [-0.39, 0.29) is 11.5 Å². The number of rotatable bonds is 2. The van der Waals surface area contributed by atoms with Crippen LogP contribution in [0.25, 0.3) is 0 Å². The van der Waals surface area contributed by atoms with Gasteiger partial charge in [0.1, 0.15) is 5.69 Å². The van der Waals surface area contributed by atoms with Gasteiger partial charge in [0.15, 0.2) is 5.69 Å². The zero-order valence-electron chi connectivity index (χ0n) is 13.1. The quantitative estimate of drug-likeness (QED) is 0.842. The van der Waals surface area contributed by atoms with Crippen molar-refractivity contribution in [1.29, 1.82) is 0 Å². The third-order valence-electron chi connectivity index (χ3n) is 3.39. The van der Waals surface area contributed by atoms with Crippen LogP contribution < -0.4 is 0 Å². The molecule has 0 unspecified atom stereocenters. The topological polar surface area (TPSA) is 75.4 Å². The second kappa shape index (κ2) is 5.02. The molecule has 21 heavy (non-hydrogen) atoms. The highest BCUT2D eigenvalue weighted by Gasteiger charge is 2.35. The van der Waals surface area contributed by atoms with Crippen LogP contribution in [0.3, 0.4) is 0 Å². The van der Waals surface area contributed by atoms with Crippen molar-refractivity contribution in [2.75, 3.05) is 14.1 Å². The Labute approximate surface area is 124 Å². The molecule has 0 fully saturated rings. The number of nitrogens with zero attached hydrogens (tertiary/aromatic N) is 3. The third kappa shape index (κ3) is 2.70. The normalized spacial score (nSPS) is 17.0. The minimum absolute atomic E-state index is 0.00261. The van der Waals surface area contributed by atoms with Crippen LogP contribution in [0.5, 0.6) is 0 Å². The molecule has 0 amide bonds. The van der Waals surface area contributed by atoms with E-state index in [1.165, 1.54) is 0 Å². The summed E-state index contributed by atoms with van der Waals surface area (Å²) in [4.78, 5) is 25.9. The molecule has 6 nitrogen and oxygen atoms in total. The first-order chi connectivity index (χ1) is 9.62. The molecule has 1 aromatic rings. The molecule has 114 valence electrons. The van der Waals surface area contributed by atoms with E-state index in [0.29, 0.717) is 29.7 Å². The largest absolute Gasteiger partial charge is 0.476 e. The van der Waals surface area contributed by atoms with Gasteiger partial charge in [-0.05, 0) is 33.6 Å². The molecule has 0 radical (unpaired) electrons. The standard InChI is InChI=1S/C15H21N3O3/c1-15(2,3)18-12-10(11(16-18)14(20)21)7-6-9(13(12)19)8-17(4)5/h8H,6-7H2,1-5H3,(H,20,21). The van der Waals surface area contributed by atoms with E-state index >= 15 is 0 Å². The van der Waals surface area contributed by atoms with Gasteiger partial charge in [0, 0.05) is 31.4 Å². The number of hydrogen-bond acceptors (Lipinski definition) is 4. The van der Waals surface area contributed by atoms with Crippen LogP contribution in [-0.2, 0) is 12.0 Å². The lowest BCUT2D eigenvalue weighted by Crippen LogP contribution is -2.29. The van der Waals surface area contributed by atoms with Crippen LogP contribution in [-0.4, -0.2) is 45.6 Å². The molecule has 2 rings (SSSR count). The molecule has 0 spiro atoms. The number of ketones is 1. The monoisotopic (exact) mass is 291 g/mol. The Hall–Kier alpha value is -2.11. The maximum absolute atomic E-state index is 12.7. The average molecular weight is 291 g/mol. The fraction of sp³-hybridized carbons (Fsp3) is 0.533. The van der Waals surface area contributed by atoms with Gasteiger partial charge in [0.25, 0.3) is 0 Å². The zero-order chi connectivity index (χ0) is 15.9. The molecular formula is C15H21N3O3. The van der Waals surface area contributed by atoms with Crippen LogP contribution in [0, 0.1) is 0 Å². The van der Waals surface area contributed by atoms with Crippen molar-refractivity contribution in [3.8, 4) is 0 Å². The van der Waals surface area contributed by atoms with E-state index in [2.05, 4.69) is 5.10 Å². The molecule has 1 aliphatic rings. The zero-order valence-corrected chi connectivity index (χ0v) is 13.1. The number of hydrogen-bond donors (Lipinski definition) is 1. The minimum Gasteiger partial charge on any atom is -0.476 e. The highest BCUT2D eigenvalue weighted by molar-refractivity contribution is 6.11. The number of carboxylic acid groups (broad SMARTS) is 1. The van der Waals surface area contributed by atoms with Gasteiger partial charge in [-0.25, -0.2) is 4.79 Å². The van der Waals surface area contributed by atoms with E-state index in [0.717, 1.165) is 0 Å². The first-order valence-corrected chi connectivity index (χ1v) is 6.90. The molecule has 0 bridgehead atoms. The van der Waals surface area contributed by atoms with Crippen molar-refractivity contribution in [1.82, 2.24) is 14.7 Å². The van der Waals surface area contributed by atoms with Crippen molar-refractivity contribution in [2.24, 2.45) is 0 Å². The predicted octanol–water partition coefficient (Wildman–Crippen LogP) is 1.91. The number of aromatic nitrogens is 2. The smallest absolute Gasteiger partial charge is 0.356 e. The highest BCUT2D eigenvalue weighted by atomic mass is 16.4. The lowest BCUT2D eigenvalue weighted by atomic mass is 9.90. The number of carbonyl (C=O) groups excluding carboxylic acids is 1. The Kier molecular flexibility index (Phi) is 3.65. The number of Topliss-reactive ketones (excluding diaryl/α,β-unsaturated/α-hetero) is 1. The van der Waals surface area contributed by atoms with Gasteiger partial charge in [-0.15, -0.1) is 0 Å². The molecule has 1 aliphatic carbocycles. The average Bonchev–Trinajstić information content (AvgIpc) is 2.72. The van der Waals surface area contributed by atoms with Crippen LogP contribution in [0.15, 0.2) is 11.8 Å². The van der Waals surface area contributed by atoms with Crippen molar-refractivity contribution in [3.63, 3.8) is 0 Å². The van der Waals surface area contributed by atoms with Gasteiger partial charge < -0.3 is 10.0 Å². The SMILES string of the molecule is CN(C)C=C1CCc2c(C(=O)O)nn(C(C)(C)C)c2C1=O. The van der Waals surface area contributed by atoms with Crippen LogP contribution in [0.2, 0.25) is 0 Å². The van der Waals surface area contributed by atoms with E-state index in [9.17, 15) is 14.7 Å². The molecule has 6 heteroatoms. The Morgan fingerprint density at radius 2 is 1.95 bits per heavy atom. The molecule has 0 aromatic carbocycles. The van der Waals surface area contributed by atoms with Crippen LogP contribution in [0.4, 0.5) is 0 Å². The molecule has 1 heterocycles. The van der Waals surface area contributed by atoms with Gasteiger partial charge in [0.2, 0.25) is 5.78 Å². The van der Waals surface area contributed by atoms with E-state index in [1.54, 1.807) is 10.9 Å². The fourth-order valence-electron chi connectivity index (χ4n) is 2.54. The van der Waals surface area contributed by atoms with Crippen molar-refractivity contribution in [3.05, 3.63) is 28.7 Å². The first-order valence-electron chi connectivity index (χ1n) is 6.90. The molecular weight excluding hydrogens is 270 g/mol. The molecule has 1 aromatic heterocycles. The van der Waals surface area contributed by atoms with E-state index in [1.807, 2.05) is 39.8 Å². The summed E-state index contributed by atoms with van der Waals surface area (Å²) in [5.41, 5.74) is 1.21. The Morgan fingerprint density at radius 1 is 1.33 bits per heavy atom. The number of carboxylic acids is 1. The Morgan fingerprint density at radius 3 is 2.43 bits per heavy atom. The minimum atomic E-state index is -1.08. The second-order valence-electron chi connectivity index (χ2n) is 6.51. The number of fused-ring (bicyclic) bond motifs is 1. The van der Waals surface area contributed by atoms with E-state index < -0.39 is 11.5 Å². The molecule has 0 aliphatic heterocycles. The van der Waals surface area contributed by atoms with Crippen LogP contribution in [0.1, 0.15) is 53.7 Å². The number of allylic oxidation sites excluding steroid dienone is 1. The van der Waals surface area contributed by atoms with Crippen LogP contribution >= 0.6 is 0 Å². The predicted molar refractivity (Wildman–Crippen MR) is 78.6 cm³/mol. The molecule has 0 saturated carbocycles. The van der Waals surface area contributed by atoms with Gasteiger partial charge >= 0.3 is 5.97 Å². The second-order valence-corrected chi connectivity index (χ2v) is 6.51. The summed E-state index contributed by atoms with van der Waals surface area (Å²) in [7, 11) is 3.72. The summed E-state index contributed by atoms with van der Waals surface area (Å²) in [5.74, 6) is -1.21. The van der Waals surface area contributed by atoms with Crippen molar-refractivity contribution < 1.29 is 14.7 Å². The molecule has 0 atom stereocenters. The first kappa shape index (κ1) is 15.3. The van der Waals surface area contributed by atoms with Crippen molar-refractivity contribution >= 4 is 11.8 Å². The summed E-state index contributed by atoms with van der Waals surface area (Å²) >= 11 is 0. The summed E-state index contributed by atoms with van der Waals surface area (Å²) in [6.45, 7) is 5.72. The Balaban J connectivity index is 2.65. The van der Waals surface area contributed by atoms with E-state index in [4.69, 9.17) is 0 Å². The summed E-state index contributed by atoms with van der Waals surface area (Å²) in [6.07, 6.45) is 2.87. The third-order valence-corrected chi connectivity index (χ3v) is 3.39. The summed E-state index contributed by atoms with van der Waals surface area (Å²) in [6, 6.07) is 0. The van der Waals surface area contributed by atoms with Gasteiger partial charge in [-0.2, -0.15) is 5.10 Å². The maximum atomic E-state index is 12.7. The Bertz CT molecular complexity index is 633. The lowest BCUT2D eigenvalue weighted by molar-refractivity contribution is 0.0687. The number of aromatic carboxylic acids is 1. The van der Waals surface area contributed by atoms with Crippen molar-refractivity contribution in [2.45, 2.75) is 39.2 Å². The number of carbonyl (C=O) groups is 2. The van der Waals surface area contributed by atoms with Gasteiger partial charge in [-0.3, -0.25) is 9.48 Å². The molecule has 0 saturated heterocycles.